The van der Waals surface area contributed by atoms with Crippen molar-refractivity contribution in [3.63, 3.8) is 0 Å². The normalized spacial score (nSPS) is 12.2. The smallest absolute Gasteiger partial charge is 0.152 e. The lowest BCUT2D eigenvalue weighted by Gasteiger charge is -2.34. The van der Waals surface area contributed by atoms with E-state index in [1.54, 1.807) is 0 Å². The minimum Gasteiger partial charge on any atom is -0.453 e. The molecule has 15 aromatic rings. The molecule has 3 heteroatoms. The molecule has 0 radical (unpaired) electrons. The van der Waals surface area contributed by atoms with Gasteiger partial charge in [-0.15, -0.1) is 0 Å². The highest BCUT2D eigenvalue weighted by Gasteiger charge is 2.28. The monoisotopic (exact) mass is 978 g/mol. The van der Waals surface area contributed by atoms with Gasteiger partial charge in [0.15, 0.2) is 11.5 Å². The number of hydrogen-bond acceptors (Lipinski definition) is 2. The fourth-order valence-corrected chi connectivity index (χ4v) is 12.4. The van der Waals surface area contributed by atoms with Gasteiger partial charge in [-0.1, -0.05) is 194 Å². The number of fused-ring (bicyclic) bond motifs is 12. The number of hydrogen-bond donors (Lipinski definition) is 0. The Bertz CT molecular complexity index is 4910. The first-order valence-corrected chi connectivity index (χ1v) is 26.5. The molecular formula is C74H46N2O. The predicted octanol–water partition coefficient (Wildman–Crippen LogP) is 20.8. The molecule has 0 fully saturated rings. The second-order valence-corrected chi connectivity index (χ2v) is 20.4. The van der Waals surface area contributed by atoms with Gasteiger partial charge in [-0.3, -0.25) is 0 Å². The summed E-state index contributed by atoms with van der Waals surface area (Å²) in [5.41, 5.74) is 16.0. The summed E-state index contributed by atoms with van der Waals surface area (Å²) in [6, 6.07) is 102. The number of para-hydroxylation sites is 1. The molecule has 1 aliphatic rings. The van der Waals surface area contributed by atoms with Crippen molar-refractivity contribution in [3.05, 3.63) is 279 Å². The summed E-state index contributed by atoms with van der Waals surface area (Å²) in [4.78, 5) is 2.38. The Kier molecular flexibility index (Phi) is 9.64. The minimum absolute atomic E-state index is 0.814. The van der Waals surface area contributed by atoms with Gasteiger partial charge in [-0.2, -0.15) is 0 Å². The topological polar surface area (TPSA) is 17.4 Å². The van der Waals surface area contributed by atoms with Gasteiger partial charge in [0.05, 0.1) is 22.4 Å². The van der Waals surface area contributed by atoms with Crippen LogP contribution in [0.4, 0.5) is 17.1 Å². The Morgan fingerprint density at radius 1 is 0.234 bits per heavy atom. The van der Waals surface area contributed by atoms with Crippen LogP contribution >= 0.6 is 0 Å². The first kappa shape index (κ1) is 43.2. The maximum atomic E-state index is 6.85. The van der Waals surface area contributed by atoms with Crippen LogP contribution in [0.15, 0.2) is 279 Å². The standard InChI is InChI=1S/C74H46N2O/c1-2-17-48(18-3-1)64-45-66-62-29-11-9-27-60(62)65(46-67(66)61-28-10-8-26-59(61)64)56-23-15-25-58(40-56)75-69-31-13-12-30-63(69)68-41-54(34-36-70(68)75)55-35-37-73-71(43-55)76(72-42-51-20-6-7-21-52(51)44-74(72)77-73)57-24-14-22-50(39-57)53-33-32-47-16-4-5-19-49(47)38-53/h1-46H. The molecule has 3 nitrogen and oxygen atoms in total. The van der Waals surface area contributed by atoms with Crippen molar-refractivity contribution in [2.24, 2.45) is 0 Å². The molecule has 0 amide bonds. The lowest BCUT2D eigenvalue weighted by Crippen LogP contribution is -2.16. The third kappa shape index (κ3) is 6.98. The Hall–Kier alpha value is -10.2. The lowest BCUT2D eigenvalue weighted by atomic mass is 9.88. The summed E-state index contributed by atoms with van der Waals surface area (Å²) < 4.78 is 9.29. The van der Waals surface area contributed by atoms with E-state index in [1.165, 1.54) is 87.2 Å². The van der Waals surface area contributed by atoms with Crippen molar-refractivity contribution in [1.82, 2.24) is 4.57 Å². The van der Waals surface area contributed by atoms with E-state index in [0.29, 0.717) is 0 Å². The van der Waals surface area contributed by atoms with Crippen LogP contribution in [-0.4, -0.2) is 4.57 Å². The third-order valence-electron chi connectivity index (χ3n) is 16.1. The van der Waals surface area contributed by atoms with E-state index in [2.05, 4.69) is 289 Å². The average molecular weight is 979 g/mol. The highest BCUT2D eigenvalue weighted by atomic mass is 16.5. The summed E-state index contributed by atoms with van der Waals surface area (Å²) >= 11 is 0. The van der Waals surface area contributed by atoms with Crippen LogP contribution in [0.2, 0.25) is 0 Å². The molecule has 16 rings (SSSR count). The molecule has 2 heterocycles. The number of anilines is 3. The molecule has 0 spiro atoms. The maximum Gasteiger partial charge on any atom is 0.152 e. The fourth-order valence-electron chi connectivity index (χ4n) is 12.4. The molecule has 0 N–H and O–H groups in total. The first-order valence-electron chi connectivity index (χ1n) is 26.5. The molecule has 0 saturated carbocycles. The summed E-state index contributed by atoms with van der Waals surface area (Å²) in [5.74, 6) is 1.65. The van der Waals surface area contributed by atoms with E-state index in [0.717, 1.165) is 67.2 Å². The van der Waals surface area contributed by atoms with Crippen LogP contribution in [0.1, 0.15) is 0 Å². The summed E-state index contributed by atoms with van der Waals surface area (Å²) in [7, 11) is 0. The van der Waals surface area contributed by atoms with Crippen molar-refractivity contribution in [2.45, 2.75) is 0 Å². The molecule has 0 bridgehead atoms. The number of aromatic nitrogens is 1. The molecule has 1 aliphatic heterocycles. The van der Waals surface area contributed by atoms with Crippen LogP contribution in [-0.2, 0) is 0 Å². The first-order chi connectivity index (χ1) is 38.1. The zero-order valence-electron chi connectivity index (χ0n) is 41.9. The quantitative estimate of drug-likeness (QED) is 0.155. The van der Waals surface area contributed by atoms with E-state index in [4.69, 9.17) is 4.74 Å². The number of rotatable bonds is 6. The Labute approximate surface area is 445 Å². The Balaban J connectivity index is 0.824. The SMILES string of the molecule is c1ccc(-c2cc3c4ccccc4c(-c4cccc(-n5c6ccccc6c6cc(-c7ccc8c(c7)N(c7cccc(-c9ccc%10ccccc%10c9)c7)c7cc9ccccc9cc7O8)ccc65)c4)cc3c3ccccc23)cc1. The van der Waals surface area contributed by atoms with Crippen LogP contribution in [0.3, 0.4) is 0 Å². The largest absolute Gasteiger partial charge is 0.453 e. The molecular weight excluding hydrogens is 933 g/mol. The lowest BCUT2D eigenvalue weighted by molar-refractivity contribution is 0.478. The van der Waals surface area contributed by atoms with Gasteiger partial charge in [0.2, 0.25) is 0 Å². The zero-order valence-corrected chi connectivity index (χ0v) is 41.9. The van der Waals surface area contributed by atoms with Crippen molar-refractivity contribution in [1.29, 1.82) is 0 Å². The van der Waals surface area contributed by atoms with Gasteiger partial charge >= 0.3 is 0 Å². The second-order valence-electron chi connectivity index (χ2n) is 20.4. The minimum atomic E-state index is 0.814. The Morgan fingerprint density at radius 2 is 0.740 bits per heavy atom. The highest BCUT2D eigenvalue weighted by Crippen LogP contribution is 2.53. The van der Waals surface area contributed by atoms with E-state index < -0.39 is 0 Å². The van der Waals surface area contributed by atoms with Gasteiger partial charge in [0.25, 0.3) is 0 Å². The van der Waals surface area contributed by atoms with Gasteiger partial charge in [-0.25, -0.2) is 0 Å². The van der Waals surface area contributed by atoms with Crippen LogP contribution in [0.25, 0.3) is 126 Å². The second kappa shape index (κ2) is 17.2. The Morgan fingerprint density at radius 3 is 1.51 bits per heavy atom. The van der Waals surface area contributed by atoms with Crippen LogP contribution in [0, 0.1) is 0 Å². The van der Waals surface area contributed by atoms with Gasteiger partial charge < -0.3 is 14.2 Å². The predicted molar refractivity (Wildman–Crippen MR) is 325 cm³/mol. The van der Waals surface area contributed by atoms with Crippen molar-refractivity contribution >= 4 is 92.7 Å². The van der Waals surface area contributed by atoms with Crippen molar-refractivity contribution in [2.75, 3.05) is 4.90 Å². The number of benzene rings is 14. The summed E-state index contributed by atoms with van der Waals surface area (Å²) in [5, 5.41) is 14.7. The molecule has 0 atom stereocenters. The van der Waals surface area contributed by atoms with E-state index in [9.17, 15) is 0 Å². The fraction of sp³-hybridized carbons (Fsp3) is 0. The van der Waals surface area contributed by atoms with Crippen molar-refractivity contribution in [3.8, 4) is 61.7 Å². The van der Waals surface area contributed by atoms with Gasteiger partial charge in [0, 0.05) is 22.1 Å². The molecule has 0 saturated heterocycles. The molecule has 358 valence electrons. The van der Waals surface area contributed by atoms with E-state index >= 15 is 0 Å². The van der Waals surface area contributed by atoms with E-state index in [1.807, 2.05) is 0 Å². The van der Waals surface area contributed by atoms with E-state index in [-0.39, 0.29) is 0 Å². The molecule has 0 aliphatic carbocycles. The van der Waals surface area contributed by atoms with Crippen molar-refractivity contribution < 1.29 is 4.74 Å². The molecule has 1 aromatic heterocycles. The average Bonchev–Trinajstić information content (AvgIpc) is 4.03. The number of nitrogens with zero attached hydrogens (tertiary/aromatic N) is 2. The van der Waals surface area contributed by atoms with Crippen LogP contribution < -0.4 is 9.64 Å². The molecule has 0 unspecified atom stereocenters. The summed E-state index contributed by atoms with van der Waals surface area (Å²) in [6.07, 6.45) is 0. The maximum absolute atomic E-state index is 6.85. The number of ether oxygens (including phenoxy) is 1. The van der Waals surface area contributed by atoms with Gasteiger partial charge in [-0.05, 0) is 183 Å². The van der Waals surface area contributed by atoms with Gasteiger partial charge in [0.1, 0.15) is 0 Å². The van der Waals surface area contributed by atoms with Crippen LogP contribution in [0.5, 0.6) is 11.5 Å². The highest BCUT2D eigenvalue weighted by molar-refractivity contribution is 6.24. The summed E-state index contributed by atoms with van der Waals surface area (Å²) in [6.45, 7) is 0. The third-order valence-corrected chi connectivity index (χ3v) is 16.1. The molecule has 77 heavy (non-hydrogen) atoms. The zero-order chi connectivity index (χ0) is 50.6. The molecule has 14 aromatic carbocycles.